The Balaban J connectivity index is 1.53. The predicted octanol–water partition coefficient (Wildman–Crippen LogP) is 1.60. The van der Waals surface area contributed by atoms with Crippen molar-refractivity contribution in [1.82, 2.24) is 20.1 Å². The molecule has 132 valence electrons. The van der Waals surface area contributed by atoms with Gasteiger partial charge in [0.2, 0.25) is 0 Å². The highest BCUT2D eigenvalue weighted by molar-refractivity contribution is 5.94. The molecule has 2 aliphatic heterocycles. The summed E-state index contributed by atoms with van der Waals surface area (Å²) in [5, 5.41) is 14.9. The van der Waals surface area contributed by atoms with Crippen LogP contribution in [-0.2, 0) is 22.5 Å². The molecule has 25 heavy (non-hydrogen) atoms. The number of aryl methyl sites for hydroxylation is 1. The third-order valence-corrected chi connectivity index (χ3v) is 4.72. The Bertz CT molecular complexity index is 752. The number of nitrogens with zero attached hydrogens (tertiary/aromatic N) is 3. The second kappa shape index (κ2) is 7.33. The molecule has 0 aliphatic carbocycles. The fraction of sp³-hybridized carbons (Fsp3) is 0.500. The Morgan fingerprint density at radius 1 is 1.28 bits per heavy atom. The minimum Gasteiger partial charge on any atom is -0.366 e. The van der Waals surface area contributed by atoms with Crippen molar-refractivity contribution in [1.29, 1.82) is 0 Å². The molecular weight excluding hydrogens is 318 g/mol. The van der Waals surface area contributed by atoms with E-state index in [1.807, 2.05) is 24.3 Å². The smallest absolute Gasteiger partial charge is 0.254 e. The van der Waals surface area contributed by atoms with Gasteiger partial charge in [-0.05, 0) is 25.0 Å². The van der Waals surface area contributed by atoms with Gasteiger partial charge in [0, 0.05) is 37.3 Å². The van der Waals surface area contributed by atoms with E-state index in [0.717, 1.165) is 48.8 Å². The molecule has 2 aromatic rings. The number of nitrogens with one attached hydrogen (secondary N) is 2. The molecule has 7 heteroatoms. The normalized spacial score (nSPS) is 20.6. The summed E-state index contributed by atoms with van der Waals surface area (Å²) in [7, 11) is 0. The number of fused-ring (bicyclic) bond motifs is 1. The maximum Gasteiger partial charge on any atom is 0.254 e. The quantitative estimate of drug-likeness (QED) is 0.886. The molecule has 1 amide bonds. The maximum absolute atomic E-state index is 12.3. The van der Waals surface area contributed by atoms with Gasteiger partial charge in [0.15, 0.2) is 5.82 Å². The van der Waals surface area contributed by atoms with Gasteiger partial charge < -0.3 is 19.9 Å². The van der Waals surface area contributed by atoms with E-state index in [4.69, 9.17) is 4.74 Å². The molecule has 0 saturated carbocycles. The molecule has 1 saturated heterocycles. The summed E-state index contributed by atoms with van der Waals surface area (Å²) < 4.78 is 7.71. The molecule has 4 rings (SSSR count). The van der Waals surface area contributed by atoms with Crippen LogP contribution in [0.2, 0.25) is 0 Å². The zero-order valence-corrected chi connectivity index (χ0v) is 14.2. The maximum atomic E-state index is 12.3. The summed E-state index contributed by atoms with van der Waals surface area (Å²) >= 11 is 0. The van der Waals surface area contributed by atoms with Crippen LogP contribution >= 0.6 is 0 Å². The molecule has 1 fully saturated rings. The lowest BCUT2D eigenvalue weighted by Gasteiger charge is -2.22. The van der Waals surface area contributed by atoms with Crippen molar-refractivity contribution in [2.45, 2.75) is 38.3 Å². The van der Waals surface area contributed by atoms with Crippen molar-refractivity contribution in [3.8, 4) is 11.4 Å². The summed E-state index contributed by atoms with van der Waals surface area (Å²) in [6.45, 7) is 2.85. The fourth-order valence-electron chi connectivity index (χ4n) is 3.39. The van der Waals surface area contributed by atoms with E-state index in [2.05, 4.69) is 25.4 Å². The van der Waals surface area contributed by atoms with E-state index >= 15 is 0 Å². The lowest BCUT2D eigenvalue weighted by Crippen LogP contribution is -2.45. The van der Waals surface area contributed by atoms with Gasteiger partial charge >= 0.3 is 0 Å². The van der Waals surface area contributed by atoms with E-state index in [-0.39, 0.29) is 5.91 Å². The second-order valence-corrected chi connectivity index (χ2v) is 6.54. The van der Waals surface area contributed by atoms with Crippen molar-refractivity contribution in [2.75, 3.05) is 25.0 Å². The Kier molecular flexibility index (Phi) is 4.76. The Hall–Kier alpha value is -2.25. The van der Waals surface area contributed by atoms with E-state index in [1.54, 1.807) is 0 Å². The summed E-state index contributed by atoms with van der Waals surface area (Å²) in [6, 6.07) is 7.79. The molecule has 1 unspecified atom stereocenters. The van der Waals surface area contributed by atoms with E-state index in [9.17, 15) is 4.79 Å². The number of aromatic nitrogens is 3. The summed E-state index contributed by atoms with van der Waals surface area (Å²) in [5.41, 5.74) is 1.73. The van der Waals surface area contributed by atoms with E-state index < -0.39 is 6.10 Å². The van der Waals surface area contributed by atoms with Crippen molar-refractivity contribution in [3.63, 3.8) is 0 Å². The zero-order chi connectivity index (χ0) is 17.1. The minimum atomic E-state index is -0.443. The Labute approximate surface area is 146 Å². The van der Waals surface area contributed by atoms with Crippen LogP contribution in [0.25, 0.3) is 11.4 Å². The van der Waals surface area contributed by atoms with Crippen LogP contribution in [0, 0.1) is 0 Å². The second-order valence-electron chi connectivity index (χ2n) is 6.54. The van der Waals surface area contributed by atoms with Gasteiger partial charge in [-0.25, -0.2) is 0 Å². The molecule has 0 radical (unpaired) electrons. The average molecular weight is 341 g/mol. The molecule has 0 spiro atoms. The third-order valence-electron chi connectivity index (χ3n) is 4.72. The van der Waals surface area contributed by atoms with Gasteiger partial charge in [-0.3, -0.25) is 4.79 Å². The van der Waals surface area contributed by atoms with Gasteiger partial charge in [-0.1, -0.05) is 18.6 Å². The minimum absolute atomic E-state index is 0.121. The number of hydrogen-bond acceptors (Lipinski definition) is 5. The first-order valence-electron chi connectivity index (χ1n) is 8.97. The van der Waals surface area contributed by atoms with E-state index in [1.165, 1.54) is 12.8 Å². The van der Waals surface area contributed by atoms with Crippen LogP contribution in [0.15, 0.2) is 24.3 Å². The van der Waals surface area contributed by atoms with Crippen molar-refractivity contribution >= 4 is 11.6 Å². The highest BCUT2D eigenvalue weighted by Gasteiger charge is 2.22. The highest BCUT2D eigenvalue weighted by Crippen LogP contribution is 2.25. The topological polar surface area (TPSA) is 81.1 Å². The first kappa shape index (κ1) is 16.2. The van der Waals surface area contributed by atoms with Crippen molar-refractivity contribution in [3.05, 3.63) is 30.1 Å². The van der Waals surface area contributed by atoms with Crippen LogP contribution in [-0.4, -0.2) is 46.5 Å². The predicted molar refractivity (Wildman–Crippen MR) is 94.3 cm³/mol. The lowest BCUT2D eigenvalue weighted by atomic mass is 10.1. The molecular formula is C18H23N5O2. The number of carbonyl (C=O) groups is 1. The van der Waals surface area contributed by atoms with Gasteiger partial charge in [0.25, 0.3) is 5.91 Å². The number of morpholine rings is 1. The number of ether oxygens (including phenoxy) is 1. The monoisotopic (exact) mass is 341 g/mol. The summed E-state index contributed by atoms with van der Waals surface area (Å²) in [6.07, 6.45) is 4.09. The summed E-state index contributed by atoms with van der Waals surface area (Å²) in [5.74, 6) is 1.82. The first-order valence-corrected chi connectivity index (χ1v) is 8.97. The fourth-order valence-corrected chi connectivity index (χ4v) is 3.39. The standard InChI is InChI=1S/C18H23N5O2/c24-18(15-12-19-8-10-25-15)20-14-6-4-5-13(11-14)17-22-21-16-7-2-1-3-9-23(16)17/h4-6,11,15,19H,1-3,7-10,12H2,(H,20,24). The molecule has 0 bridgehead atoms. The SMILES string of the molecule is O=C(Nc1cccc(-c2nnc3n2CCCCC3)c1)C1CNCCO1. The Morgan fingerprint density at radius 2 is 2.24 bits per heavy atom. The third kappa shape index (κ3) is 3.57. The molecule has 1 aromatic carbocycles. The van der Waals surface area contributed by atoms with Crippen molar-refractivity contribution < 1.29 is 9.53 Å². The molecule has 2 N–H and O–H groups in total. The number of rotatable bonds is 3. The largest absolute Gasteiger partial charge is 0.366 e. The molecule has 7 nitrogen and oxygen atoms in total. The Morgan fingerprint density at radius 3 is 3.12 bits per heavy atom. The van der Waals surface area contributed by atoms with Gasteiger partial charge in [0.05, 0.1) is 6.61 Å². The number of hydrogen-bond donors (Lipinski definition) is 2. The lowest BCUT2D eigenvalue weighted by molar-refractivity contribution is -0.128. The van der Waals surface area contributed by atoms with Crippen molar-refractivity contribution in [2.24, 2.45) is 0 Å². The highest BCUT2D eigenvalue weighted by atomic mass is 16.5. The van der Waals surface area contributed by atoms with Crippen LogP contribution in [0.3, 0.4) is 0 Å². The molecule has 1 atom stereocenters. The number of benzene rings is 1. The number of amides is 1. The van der Waals surface area contributed by atoms with Crippen LogP contribution in [0.1, 0.15) is 25.1 Å². The average Bonchev–Trinajstić information content (AvgIpc) is 2.91. The molecule has 2 aliphatic rings. The molecule has 3 heterocycles. The van der Waals surface area contributed by atoms with E-state index in [0.29, 0.717) is 13.2 Å². The van der Waals surface area contributed by atoms with Gasteiger partial charge in [-0.2, -0.15) is 0 Å². The van der Waals surface area contributed by atoms with Gasteiger partial charge in [0.1, 0.15) is 11.9 Å². The summed E-state index contributed by atoms with van der Waals surface area (Å²) in [4.78, 5) is 12.3. The first-order chi connectivity index (χ1) is 12.3. The van der Waals surface area contributed by atoms with Crippen LogP contribution in [0.5, 0.6) is 0 Å². The van der Waals surface area contributed by atoms with Gasteiger partial charge in [-0.15, -0.1) is 10.2 Å². The zero-order valence-electron chi connectivity index (χ0n) is 14.2. The molecule has 1 aromatic heterocycles. The van der Waals surface area contributed by atoms with Crippen LogP contribution < -0.4 is 10.6 Å². The van der Waals surface area contributed by atoms with Crippen LogP contribution in [0.4, 0.5) is 5.69 Å². The number of anilines is 1. The number of carbonyl (C=O) groups excluding carboxylic acids is 1.